The molecule has 1 heterocycles. The third-order valence-corrected chi connectivity index (χ3v) is 3.92. The van der Waals surface area contributed by atoms with Gasteiger partial charge in [0.25, 0.3) is 0 Å². The number of allylic oxidation sites excluding steroid dienone is 1. The van der Waals surface area contributed by atoms with E-state index < -0.39 is 0 Å². The molecule has 0 saturated heterocycles. The molecule has 0 amide bonds. The number of rotatable bonds is 5. The van der Waals surface area contributed by atoms with Crippen molar-refractivity contribution in [2.75, 3.05) is 20.2 Å². The van der Waals surface area contributed by atoms with Gasteiger partial charge in [-0.25, -0.2) is 0 Å². The lowest BCUT2D eigenvalue weighted by atomic mass is 10.0. The summed E-state index contributed by atoms with van der Waals surface area (Å²) in [6, 6.07) is 4.01. The largest absolute Gasteiger partial charge is 0.486 e. The summed E-state index contributed by atoms with van der Waals surface area (Å²) in [6.07, 6.45) is 2.89. The summed E-state index contributed by atoms with van der Waals surface area (Å²) in [6.45, 7) is 7.70. The van der Waals surface area contributed by atoms with Gasteiger partial charge in [-0.2, -0.15) is 5.10 Å². The number of benzene rings is 1. The molecule has 0 radical (unpaired) electrons. The fraction of sp³-hybridized carbons (Fsp3) is 0.400. The minimum Gasteiger partial charge on any atom is -0.486 e. The summed E-state index contributed by atoms with van der Waals surface area (Å²) in [5.74, 6) is 0.726. The molecule has 1 aliphatic heterocycles. The Morgan fingerprint density at radius 1 is 1.60 bits per heavy atom. The van der Waals surface area contributed by atoms with Gasteiger partial charge in [0.05, 0.1) is 10.7 Å². The molecule has 5 heteroatoms. The first-order chi connectivity index (χ1) is 9.67. The van der Waals surface area contributed by atoms with E-state index in [0.29, 0.717) is 6.61 Å². The molecular weight excluding hydrogens is 274 g/mol. The minimum atomic E-state index is 0.419. The Balaban J connectivity index is 2.12. The van der Waals surface area contributed by atoms with E-state index in [9.17, 15) is 0 Å². The number of nitrogens with zero attached hydrogens (tertiary/aromatic N) is 2. The number of hydrogen-bond donors (Lipinski definition) is 1. The number of nitrogens with one attached hydrogen (secondary N) is 1. The first-order valence-corrected chi connectivity index (χ1v) is 7.04. The van der Waals surface area contributed by atoms with Gasteiger partial charge >= 0.3 is 0 Å². The van der Waals surface area contributed by atoms with E-state index in [1.165, 1.54) is 11.1 Å². The molecule has 4 nitrogen and oxygen atoms in total. The molecule has 0 unspecified atom stereocenters. The highest BCUT2D eigenvalue weighted by atomic mass is 35.5. The Hall–Kier alpha value is -1.52. The third kappa shape index (κ3) is 3.14. The maximum atomic E-state index is 6.45. The van der Waals surface area contributed by atoms with Gasteiger partial charge in [0, 0.05) is 20.3 Å². The van der Waals surface area contributed by atoms with E-state index in [0.717, 1.165) is 36.0 Å². The van der Waals surface area contributed by atoms with Crippen LogP contribution in [0.2, 0.25) is 5.02 Å². The molecule has 0 aromatic heterocycles. The van der Waals surface area contributed by atoms with Crippen LogP contribution in [0.3, 0.4) is 0 Å². The van der Waals surface area contributed by atoms with Crippen molar-refractivity contribution in [1.29, 1.82) is 0 Å². The first-order valence-electron chi connectivity index (χ1n) is 6.66. The molecule has 0 saturated carbocycles. The van der Waals surface area contributed by atoms with Gasteiger partial charge in [-0.1, -0.05) is 23.7 Å². The Morgan fingerprint density at radius 2 is 2.40 bits per heavy atom. The van der Waals surface area contributed by atoms with Crippen molar-refractivity contribution in [2.24, 2.45) is 5.10 Å². The van der Waals surface area contributed by atoms with E-state index in [4.69, 9.17) is 16.3 Å². The van der Waals surface area contributed by atoms with Gasteiger partial charge in [-0.3, -0.25) is 5.01 Å². The Kier molecular flexibility index (Phi) is 5.04. The molecule has 20 heavy (non-hydrogen) atoms. The molecule has 1 aromatic carbocycles. The van der Waals surface area contributed by atoms with Crippen molar-refractivity contribution in [3.63, 3.8) is 0 Å². The molecule has 1 aromatic rings. The van der Waals surface area contributed by atoms with Crippen LogP contribution in [0.1, 0.15) is 18.1 Å². The average molecular weight is 294 g/mol. The Bertz CT molecular complexity index is 528. The SMILES string of the molecule is C=NN(C)/C(=C\C)COc1ccc2c(c1Cl)CCNC2. The van der Waals surface area contributed by atoms with E-state index in [1.807, 2.05) is 26.1 Å². The van der Waals surface area contributed by atoms with Crippen LogP contribution in [0.5, 0.6) is 5.75 Å². The molecule has 0 fully saturated rings. The molecule has 1 N–H and O–H groups in total. The van der Waals surface area contributed by atoms with E-state index in [-0.39, 0.29) is 0 Å². The van der Waals surface area contributed by atoms with Crippen molar-refractivity contribution in [3.8, 4) is 5.75 Å². The lowest BCUT2D eigenvalue weighted by Crippen LogP contribution is -2.24. The van der Waals surface area contributed by atoms with Crippen molar-refractivity contribution in [3.05, 3.63) is 40.1 Å². The molecule has 0 atom stereocenters. The van der Waals surface area contributed by atoms with Crippen LogP contribution in [-0.4, -0.2) is 31.9 Å². The second-order valence-electron chi connectivity index (χ2n) is 4.68. The van der Waals surface area contributed by atoms with Crippen molar-refractivity contribution in [1.82, 2.24) is 10.3 Å². The predicted octanol–water partition coefficient (Wildman–Crippen LogP) is 2.82. The summed E-state index contributed by atoms with van der Waals surface area (Å²) in [7, 11) is 1.84. The monoisotopic (exact) mass is 293 g/mol. The standard InChI is InChI=1S/C15H20ClN3O/c1-4-12(19(3)17-2)10-20-14-6-5-11-9-18-8-7-13(11)15(14)16/h4-6,18H,2,7-10H2,1,3H3/b12-4-. The van der Waals surface area contributed by atoms with E-state index >= 15 is 0 Å². The lowest BCUT2D eigenvalue weighted by molar-refractivity contribution is 0.296. The van der Waals surface area contributed by atoms with Crippen LogP contribution in [0.4, 0.5) is 0 Å². The topological polar surface area (TPSA) is 36.9 Å². The highest BCUT2D eigenvalue weighted by Crippen LogP contribution is 2.32. The summed E-state index contributed by atoms with van der Waals surface area (Å²) in [4.78, 5) is 0. The van der Waals surface area contributed by atoms with Crippen molar-refractivity contribution >= 4 is 18.3 Å². The van der Waals surface area contributed by atoms with Crippen LogP contribution < -0.4 is 10.1 Å². The zero-order valence-electron chi connectivity index (χ0n) is 11.9. The van der Waals surface area contributed by atoms with Crippen LogP contribution in [0, 0.1) is 0 Å². The number of halogens is 1. The third-order valence-electron chi connectivity index (χ3n) is 3.51. The fourth-order valence-electron chi connectivity index (χ4n) is 2.23. The molecule has 2 rings (SSSR count). The van der Waals surface area contributed by atoms with Gasteiger partial charge in [0.2, 0.25) is 0 Å². The normalized spacial score (nSPS) is 14.7. The zero-order chi connectivity index (χ0) is 14.5. The first kappa shape index (κ1) is 14.9. The molecule has 108 valence electrons. The second-order valence-corrected chi connectivity index (χ2v) is 5.05. The second kappa shape index (κ2) is 6.77. The maximum Gasteiger partial charge on any atom is 0.138 e. The van der Waals surface area contributed by atoms with Crippen LogP contribution >= 0.6 is 11.6 Å². The van der Waals surface area contributed by atoms with E-state index in [2.05, 4.69) is 23.2 Å². The summed E-state index contributed by atoms with van der Waals surface area (Å²) in [5.41, 5.74) is 3.39. The minimum absolute atomic E-state index is 0.419. The predicted molar refractivity (Wildman–Crippen MR) is 83.4 cm³/mol. The number of hydrogen-bond acceptors (Lipinski definition) is 4. The lowest BCUT2D eigenvalue weighted by Gasteiger charge is -2.21. The summed E-state index contributed by atoms with van der Waals surface area (Å²) in [5, 5.41) is 9.61. The smallest absolute Gasteiger partial charge is 0.138 e. The van der Waals surface area contributed by atoms with E-state index in [1.54, 1.807) is 5.01 Å². The molecule has 0 aliphatic carbocycles. The quantitative estimate of drug-likeness (QED) is 0.670. The van der Waals surface area contributed by atoms with Gasteiger partial charge in [-0.05, 0) is 37.1 Å². The number of likely N-dealkylation sites (N-methyl/N-ethyl adjacent to an activating group) is 1. The Morgan fingerprint density at radius 3 is 3.10 bits per heavy atom. The van der Waals surface area contributed by atoms with Gasteiger partial charge < -0.3 is 10.1 Å². The van der Waals surface area contributed by atoms with Crippen LogP contribution in [0.15, 0.2) is 29.0 Å². The molecule has 0 bridgehead atoms. The number of ether oxygens (including phenoxy) is 1. The van der Waals surface area contributed by atoms with Crippen LogP contribution in [-0.2, 0) is 13.0 Å². The summed E-state index contributed by atoms with van der Waals surface area (Å²) >= 11 is 6.45. The average Bonchev–Trinajstić information content (AvgIpc) is 2.49. The van der Waals surface area contributed by atoms with Crippen molar-refractivity contribution < 1.29 is 4.74 Å². The van der Waals surface area contributed by atoms with Gasteiger partial charge in [0.1, 0.15) is 12.4 Å². The molecular formula is C15H20ClN3O. The maximum absolute atomic E-state index is 6.45. The Labute approximate surface area is 125 Å². The number of hydrazone groups is 1. The highest BCUT2D eigenvalue weighted by Gasteiger charge is 2.16. The zero-order valence-corrected chi connectivity index (χ0v) is 12.7. The summed E-state index contributed by atoms with van der Waals surface area (Å²) < 4.78 is 5.83. The van der Waals surface area contributed by atoms with Crippen molar-refractivity contribution in [2.45, 2.75) is 19.9 Å². The van der Waals surface area contributed by atoms with Crippen LogP contribution in [0.25, 0.3) is 0 Å². The fourth-order valence-corrected chi connectivity index (χ4v) is 2.56. The van der Waals surface area contributed by atoms with Gasteiger partial charge in [-0.15, -0.1) is 0 Å². The molecule has 0 spiro atoms. The van der Waals surface area contributed by atoms with Gasteiger partial charge in [0.15, 0.2) is 0 Å². The number of fused-ring (bicyclic) bond motifs is 1. The molecule has 1 aliphatic rings. The highest BCUT2D eigenvalue weighted by molar-refractivity contribution is 6.33.